The third-order valence-electron chi connectivity index (χ3n) is 2.46. The maximum atomic E-state index is 10.2. The Morgan fingerprint density at radius 3 is 2.79 bits per heavy atom. The molecular formula is C13H13Br2NO3. The molecule has 2 aromatic rings. The SMILES string of the molecule is CCCOc1cncc(C(O)c2cc(Br)c(Br)o2)c1. The first-order valence-corrected chi connectivity index (χ1v) is 7.41. The average molecular weight is 391 g/mol. The van der Waals surface area contributed by atoms with E-state index in [9.17, 15) is 5.11 Å². The number of nitrogens with zero attached hydrogens (tertiary/aromatic N) is 1. The number of hydrogen-bond acceptors (Lipinski definition) is 4. The summed E-state index contributed by atoms with van der Waals surface area (Å²) < 4.78 is 12.2. The number of furan rings is 1. The predicted molar refractivity (Wildman–Crippen MR) is 78.2 cm³/mol. The van der Waals surface area contributed by atoms with Gasteiger partial charge in [-0.3, -0.25) is 4.98 Å². The quantitative estimate of drug-likeness (QED) is 0.835. The lowest BCUT2D eigenvalue weighted by Gasteiger charge is -2.10. The van der Waals surface area contributed by atoms with E-state index in [2.05, 4.69) is 36.8 Å². The van der Waals surface area contributed by atoms with E-state index in [1.54, 1.807) is 24.5 Å². The average Bonchev–Trinajstić information content (AvgIpc) is 2.76. The van der Waals surface area contributed by atoms with Gasteiger partial charge in [0.1, 0.15) is 17.6 Å². The summed E-state index contributed by atoms with van der Waals surface area (Å²) in [6.07, 6.45) is 3.26. The number of pyridine rings is 1. The normalized spacial score (nSPS) is 12.4. The zero-order valence-corrected chi connectivity index (χ0v) is 13.4. The van der Waals surface area contributed by atoms with Crippen LogP contribution in [0.2, 0.25) is 0 Å². The van der Waals surface area contributed by atoms with Crippen molar-refractivity contribution < 1.29 is 14.3 Å². The second kappa shape index (κ2) is 6.54. The summed E-state index contributed by atoms with van der Waals surface area (Å²) in [4.78, 5) is 4.06. The molecule has 4 nitrogen and oxygen atoms in total. The summed E-state index contributed by atoms with van der Waals surface area (Å²) in [6.45, 7) is 2.66. The number of aliphatic hydroxyl groups is 1. The lowest BCUT2D eigenvalue weighted by atomic mass is 10.1. The van der Waals surface area contributed by atoms with E-state index in [0.717, 1.165) is 10.9 Å². The Bertz CT molecular complexity index is 537. The first-order valence-electron chi connectivity index (χ1n) is 5.82. The van der Waals surface area contributed by atoms with Crippen LogP contribution in [0.15, 0.2) is 38.1 Å². The molecule has 0 aliphatic rings. The van der Waals surface area contributed by atoms with Gasteiger partial charge in [0.05, 0.1) is 17.3 Å². The van der Waals surface area contributed by atoms with Crippen LogP contribution in [0.25, 0.3) is 0 Å². The molecule has 1 N–H and O–H groups in total. The van der Waals surface area contributed by atoms with E-state index in [0.29, 0.717) is 28.3 Å². The molecule has 2 aromatic heterocycles. The molecule has 1 atom stereocenters. The molecule has 1 unspecified atom stereocenters. The van der Waals surface area contributed by atoms with Gasteiger partial charge in [-0.05, 0) is 50.4 Å². The first-order chi connectivity index (χ1) is 9.11. The van der Waals surface area contributed by atoms with Gasteiger partial charge in [0.2, 0.25) is 0 Å². The molecule has 0 aliphatic heterocycles. The molecule has 102 valence electrons. The lowest BCUT2D eigenvalue weighted by Crippen LogP contribution is -2.01. The minimum absolute atomic E-state index is 0.438. The van der Waals surface area contributed by atoms with Crippen LogP contribution in [-0.4, -0.2) is 16.7 Å². The van der Waals surface area contributed by atoms with Crippen LogP contribution >= 0.6 is 31.9 Å². The number of halogens is 2. The van der Waals surface area contributed by atoms with Crippen molar-refractivity contribution in [2.75, 3.05) is 6.61 Å². The topological polar surface area (TPSA) is 55.5 Å². The van der Waals surface area contributed by atoms with E-state index in [1.807, 2.05) is 6.92 Å². The van der Waals surface area contributed by atoms with Gasteiger partial charge >= 0.3 is 0 Å². The molecular weight excluding hydrogens is 378 g/mol. The summed E-state index contributed by atoms with van der Waals surface area (Å²) in [5.74, 6) is 1.08. The molecule has 0 spiro atoms. The van der Waals surface area contributed by atoms with Crippen molar-refractivity contribution >= 4 is 31.9 Å². The van der Waals surface area contributed by atoms with Crippen molar-refractivity contribution in [1.29, 1.82) is 0 Å². The van der Waals surface area contributed by atoms with Crippen molar-refractivity contribution in [2.24, 2.45) is 0 Å². The van der Waals surface area contributed by atoms with Crippen LogP contribution in [0.4, 0.5) is 0 Å². The second-order valence-electron chi connectivity index (χ2n) is 3.98. The van der Waals surface area contributed by atoms with Crippen LogP contribution in [0.5, 0.6) is 5.75 Å². The zero-order chi connectivity index (χ0) is 13.8. The van der Waals surface area contributed by atoms with Crippen LogP contribution in [0, 0.1) is 0 Å². The van der Waals surface area contributed by atoms with Gasteiger partial charge in [0.25, 0.3) is 0 Å². The second-order valence-corrected chi connectivity index (χ2v) is 5.55. The van der Waals surface area contributed by atoms with Gasteiger partial charge in [-0.2, -0.15) is 0 Å². The molecule has 0 aromatic carbocycles. The monoisotopic (exact) mass is 389 g/mol. The van der Waals surface area contributed by atoms with Gasteiger partial charge < -0.3 is 14.3 Å². The fourth-order valence-electron chi connectivity index (χ4n) is 1.55. The molecule has 2 rings (SSSR count). The van der Waals surface area contributed by atoms with Crippen LogP contribution in [-0.2, 0) is 0 Å². The lowest BCUT2D eigenvalue weighted by molar-refractivity contribution is 0.186. The smallest absolute Gasteiger partial charge is 0.183 e. The summed E-state index contributed by atoms with van der Waals surface area (Å²) in [5.41, 5.74) is 0.627. The molecule has 0 saturated carbocycles. The molecule has 0 aliphatic carbocycles. The summed E-state index contributed by atoms with van der Waals surface area (Å²) >= 11 is 6.55. The summed E-state index contributed by atoms with van der Waals surface area (Å²) in [7, 11) is 0. The molecule has 2 heterocycles. The Morgan fingerprint density at radius 1 is 1.37 bits per heavy atom. The van der Waals surface area contributed by atoms with Gasteiger partial charge in [-0.1, -0.05) is 6.92 Å². The Balaban J connectivity index is 2.20. The maximum absolute atomic E-state index is 10.2. The molecule has 19 heavy (non-hydrogen) atoms. The van der Waals surface area contributed by atoms with Crippen molar-refractivity contribution in [3.8, 4) is 5.75 Å². The summed E-state index contributed by atoms with van der Waals surface area (Å²) in [6, 6.07) is 3.48. The maximum Gasteiger partial charge on any atom is 0.183 e. The Hall–Kier alpha value is -0.850. The summed E-state index contributed by atoms with van der Waals surface area (Å²) in [5, 5.41) is 10.2. The van der Waals surface area contributed by atoms with Gasteiger partial charge in [-0.15, -0.1) is 0 Å². The number of aliphatic hydroxyl groups excluding tert-OH is 1. The number of rotatable bonds is 5. The fraction of sp³-hybridized carbons (Fsp3) is 0.308. The van der Waals surface area contributed by atoms with Crippen molar-refractivity contribution in [3.63, 3.8) is 0 Å². The fourth-order valence-corrected chi connectivity index (χ4v) is 2.15. The van der Waals surface area contributed by atoms with Crippen LogP contribution < -0.4 is 4.74 Å². The van der Waals surface area contributed by atoms with E-state index in [4.69, 9.17) is 9.15 Å². The Kier molecular flexibility index (Phi) is 5.01. The first kappa shape index (κ1) is 14.6. The molecule has 0 bridgehead atoms. The highest BCUT2D eigenvalue weighted by Gasteiger charge is 2.17. The number of aromatic nitrogens is 1. The molecule has 0 fully saturated rings. The highest BCUT2D eigenvalue weighted by molar-refractivity contribution is 9.13. The molecule has 6 heteroatoms. The Morgan fingerprint density at radius 2 is 2.16 bits per heavy atom. The van der Waals surface area contributed by atoms with E-state index >= 15 is 0 Å². The number of ether oxygens (including phenoxy) is 1. The van der Waals surface area contributed by atoms with Crippen molar-refractivity contribution in [3.05, 3.63) is 45.0 Å². The standard InChI is InChI=1S/C13H13Br2NO3/c1-2-3-18-9-4-8(6-16-7-9)12(17)11-5-10(14)13(15)19-11/h4-7,12,17H,2-3H2,1H3. The van der Waals surface area contributed by atoms with Gasteiger partial charge in [-0.25, -0.2) is 0 Å². The molecule has 0 radical (unpaired) electrons. The van der Waals surface area contributed by atoms with E-state index in [-0.39, 0.29) is 0 Å². The minimum atomic E-state index is -0.875. The van der Waals surface area contributed by atoms with E-state index in [1.165, 1.54) is 0 Å². The third kappa shape index (κ3) is 3.58. The number of hydrogen-bond donors (Lipinski definition) is 1. The molecule has 0 saturated heterocycles. The third-order valence-corrected chi connectivity index (χ3v) is 4.17. The van der Waals surface area contributed by atoms with Crippen LogP contribution in [0.3, 0.4) is 0 Å². The minimum Gasteiger partial charge on any atom is -0.492 e. The highest BCUT2D eigenvalue weighted by atomic mass is 79.9. The van der Waals surface area contributed by atoms with Crippen molar-refractivity contribution in [2.45, 2.75) is 19.4 Å². The van der Waals surface area contributed by atoms with Gasteiger partial charge in [0.15, 0.2) is 4.67 Å². The highest BCUT2D eigenvalue weighted by Crippen LogP contribution is 2.33. The predicted octanol–water partition coefficient (Wildman–Crippen LogP) is 4.07. The zero-order valence-electron chi connectivity index (χ0n) is 10.3. The largest absolute Gasteiger partial charge is 0.492 e. The van der Waals surface area contributed by atoms with Crippen molar-refractivity contribution in [1.82, 2.24) is 4.98 Å². The van der Waals surface area contributed by atoms with E-state index < -0.39 is 6.10 Å². The van der Waals surface area contributed by atoms with Gasteiger partial charge in [0, 0.05) is 11.8 Å². The molecule has 0 amide bonds. The Labute approximate surface area is 128 Å². The van der Waals surface area contributed by atoms with Crippen LogP contribution in [0.1, 0.15) is 30.8 Å².